The van der Waals surface area contributed by atoms with Crippen LogP contribution in [0.2, 0.25) is 0 Å². The molecule has 1 saturated carbocycles. The number of hydrogen-bond donors (Lipinski definition) is 0. The van der Waals surface area contributed by atoms with Gasteiger partial charge in [0.1, 0.15) is 10.4 Å². The molecular weight excluding hydrogens is 272 g/mol. The SMILES string of the molecule is CN(C(=O)COc1ccc(Br)nc1)C1CC1. The molecule has 5 heteroatoms. The molecule has 0 N–H and O–H groups in total. The Morgan fingerprint density at radius 2 is 2.38 bits per heavy atom. The molecule has 1 aliphatic rings. The number of rotatable bonds is 4. The minimum Gasteiger partial charge on any atom is -0.482 e. The molecule has 2 rings (SSSR count). The molecule has 0 aromatic carbocycles. The van der Waals surface area contributed by atoms with Crippen molar-refractivity contribution in [2.24, 2.45) is 0 Å². The highest BCUT2D eigenvalue weighted by Crippen LogP contribution is 2.25. The first-order chi connectivity index (χ1) is 7.66. The van der Waals surface area contributed by atoms with Crippen molar-refractivity contribution >= 4 is 21.8 Å². The van der Waals surface area contributed by atoms with Crippen LogP contribution in [0.25, 0.3) is 0 Å². The van der Waals surface area contributed by atoms with Gasteiger partial charge in [0.2, 0.25) is 0 Å². The number of nitrogens with zero attached hydrogens (tertiary/aromatic N) is 2. The third-order valence-electron chi connectivity index (χ3n) is 2.55. The van der Waals surface area contributed by atoms with Crippen molar-refractivity contribution in [1.29, 1.82) is 0 Å². The Morgan fingerprint density at radius 3 is 2.94 bits per heavy atom. The summed E-state index contributed by atoms with van der Waals surface area (Å²) in [6.45, 7) is 0.0797. The normalized spacial score (nSPS) is 14.6. The molecule has 86 valence electrons. The van der Waals surface area contributed by atoms with Crippen LogP contribution in [-0.4, -0.2) is 35.5 Å². The molecule has 1 heterocycles. The van der Waals surface area contributed by atoms with Crippen molar-refractivity contribution in [2.45, 2.75) is 18.9 Å². The lowest BCUT2D eigenvalue weighted by Crippen LogP contribution is -2.33. The number of ether oxygens (including phenoxy) is 1. The van der Waals surface area contributed by atoms with E-state index >= 15 is 0 Å². The van der Waals surface area contributed by atoms with Gasteiger partial charge < -0.3 is 9.64 Å². The Hall–Kier alpha value is -1.10. The minimum atomic E-state index is 0.0189. The van der Waals surface area contributed by atoms with Crippen LogP contribution in [0.3, 0.4) is 0 Å². The summed E-state index contributed by atoms with van der Waals surface area (Å²) in [7, 11) is 1.82. The highest BCUT2D eigenvalue weighted by Gasteiger charge is 2.29. The van der Waals surface area contributed by atoms with E-state index in [4.69, 9.17) is 4.74 Å². The molecule has 0 radical (unpaired) electrons. The fraction of sp³-hybridized carbons (Fsp3) is 0.455. The summed E-state index contributed by atoms with van der Waals surface area (Å²) in [5.74, 6) is 0.631. The van der Waals surface area contributed by atoms with Gasteiger partial charge in [-0.05, 0) is 40.9 Å². The quantitative estimate of drug-likeness (QED) is 0.793. The molecule has 0 aliphatic heterocycles. The molecule has 0 unspecified atom stereocenters. The third kappa shape index (κ3) is 2.95. The highest BCUT2D eigenvalue weighted by atomic mass is 79.9. The van der Waals surface area contributed by atoms with E-state index in [0.717, 1.165) is 17.4 Å². The molecule has 0 saturated heterocycles. The van der Waals surface area contributed by atoms with E-state index < -0.39 is 0 Å². The number of aromatic nitrogens is 1. The number of halogens is 1. The van der Waals surface area contributed by atoms with Gasteiger partial charge in [0.05, 0.1) is 6.20 Å². The second-order valence-electron chi connectivity index (χ2n) is 3.84. The van der Waals surface area contributed by atoms with Crippen molar-refractivity contribution in [2.75, 3.05) is 13.7 Å². The van der Waals surface area contributed by atoms with E-state index in [1.807, 2.05) is 7.05 Å². The molecule has 0 bridgehead atoms. The maximum Gasteiger partial charge on any atom is 0.260 e. The number of carbonyl (C=O) groups excluding carboxylic acids is 1. The van der Waals surface area contributed by atoms with E-state index in [-0.39, 0.29) is 12.5 Å². The topological polar surface area (TPSA) is 42.4 Å². The largest absolute Gasteiger partial charge is 0.482 e. The molecule has 0 spiro atoms. The van der Waals surface area contributed by atoms with Gasteiger partial charge in [-0.2, -0.15) is 0 Å². The Balaban J connectivity index is 1.82. The highest BCUT2D eigenvalue weighted by molar-refractivity contribution is 9.10. The van der Waals surface area contributed by atoms with E-state index in [1.165, 1.54) is 0 Å². The van der Waals surface area contributed by atoms with Gasteiger partial charge in [-0.3, -0.25) is 4.79 Å². The molecule has 1 aliphatic carbocycles. The lowest BCUT2D eigenvalue weighted by molar-refractivity contribution is -0.132. The number of hydrogen-bond acceptors (Lipinski definition) is 3. The Labute approximate surface area is 103 Å². The van der Waals surface area contributed by atoms with Crippen molar-refractivity contribution in [3.8, 4) is 5.75 Å². The average molecular weight is 285 g/mol. The van der Waals surface area contributed by atoms with Gasteiger partial charge in [-0.1, -0.05) is 0 Å². The lowest BCUT2D eigenvalue weighted by Gasteiger charge is -2.16. The maximum absolute atomic E-state index is 11.6. The first-order valence-corrected chi connectivity index (χ1v) is 5.96. The maximum atomic E-state index is 11.6. The molecule has 4 nitrogen and oxygen atoms in total. The molecule has 0 atom stereocenters. The van der Waals surface area contributed by atoms with Crippen LogP contribution in [0.4, 0.5) is 0 Å². The van der Waals surface area contributed by atoms with Crippen molar-refractivity contribution in [3.63, 3.8) is 0 Å². The predicted octanol–water partition coefficient (Wildman–Crippen LogP) is 1.84. The summed E-state index contributed by atoms with van der Waals surface area (Å²) in [4.78, 5) is 17.4. The molecule has 1 amide bonds. The van der Waals surface area contributed by atoms with Gasteiger partial charge >= 0.3 is 0 Å². The fourth-order valence-corrected chi connectivity index (χ4v) is 1.59. The van der Waals surface area contributed by atoms with E-state index in [9.17, 15) is 4.79 Å². The second-order valence-corrected chi connectivity index (χ2v) is 4.65. The Morgan fingerprint density at radius 1 is 1.62 bits per heavy atom. The monoisotopic (exact) mass is 284 g/mol. The molecule has 16 heavy (non-hydrogen) atoms. The van der Waals surface area contributed by atoms with Crippen LogP contribution in [0.1, 0.15) is 12.8 Å². The first kappa shape index (κ1) is 11.4. The Bertz CT molecular complexity index is 376. The van der Waals surface area contributed by atoms with Gasteiger partial charge in [-0.25, -0.2) is 4.98 Å². The predicted molar refractivity (Wildman–Crippen MR) is 63.2 cm³/mol. The summed E-state index contributed by atoms with van der Waals surface area (Å²) in [5, 5.41) is 0. The summed E-state index contributed by atoms with van der Waals surface area (Å²) >= 11 is 3.23. The molecule has 1 aromatic rings. The molecule has 1 aromatic heterocycles. The van der Waals surface area contributed by atoms with E-state index in [2.05, 4.69) is 20.9 Å². The zero-order chi connectivity index (χ0) is 11.5. The first-order valence-electron chi connectivity index (χ1n) is 5.17. The van der Waals surface area contributed by atoms with Gasteiger partial charge in [0.25, 0.3) is 5.91 Å². The van der Waals surface area contributed by atoms with Crippen LogP contribution >= 0.6 is 15.9 Å². The van der Waals surface area contributed by atoms with Crippen LogP contribution in [0.15, 0.2) is 22.9 Å². The molecule has 1 fully saturated rings. The molecular formula is C11H13BrN2O2. The van der Waals surface area contributed by atoms with Crippen LogP contribution in [0, 0.1) is 0 Å². The van der Waals surface area contributed by atoms with Crippen LogP contribution in [0.5, 0.6) is 5.75 Å². The zero-order valence-electron chi connectivity index (χ0n) is 9.02. The lowest BCUT2D eigenvalue weighted by atomic mass is 10.4. The van der Waals surface area contributed by atoms with Crippen LogP contribution < -0.4 is 4.74 Å². The third-order valence-corrected chi connectivity index (χ3v) is 3.02. The van der Waals surface area contributed by atoms with E-state index in [0.29, 0.717) is 11.8 Å². The van der Waals surface area contributed by atoms with Crippen LogP contribution in [-0.2, 0) is 4.79 Å². The number of likely N-dealkylation sites (N-methyl/N-ethyl adjacent to an activating group) is 1. The van der Waals surface area contributed by atoms with Gasteiger partial charge in [0, 0.05) is 13.1 Å². The standard InChI is InChI=1S/C11H13BrN2O2/c1-14(8-2-3-8)11(15)7-16-9-4-5-10(12)13-6-9/h4-6,8H,2-3,7H2,1H3. The summed E-state index contributed by atoms with van der Waals surface area (Å²) in [5.41, 5.74) is 0. The summed E-state index contributed by atoms with van der Waals surface area (Å²) < 4.78 is 6.10. The van der Waals surface area contributed by atoms with Crippen molar-refractivity contribution < 1.29 is 9.53 Å². The second kappa shape index (κ2) is 4.82. The summed E-state index contributed by atoms with van der Waals surface area (Å²) in [6, 6.07) is 3.99. The van der Waals surface area contributed by atoms with Gasteiger partial charge in [-0.15, -0.1) is 0 Å². The number of carbonyl (C=O) groups is 1. The van der Waals surface area contributed by atoms with E-state index in [1.54, 1.807) is 23.2 Å². The van der Waals surface area contributed by atoms with Gasteiger partial charge in [0.15, 0.2) is 6.61 Å². The fourth-order valence-electron chi connectivity index (χ4n) is 1.36. The minimum absolute atomic E-state index is 0.0189. The summed E-state index contributed by atoms with van der Waals surface area (Å²) in [6.07, 6.45) is 3.82. The Kier molecular flexibility index (Phi) is 3.43. The number of amides is 1. The smallest absolute Gasteiger partial charge is 0.260 e. The van der Waals surface area contributed by atoms with Crippen molar-refractivity contribution in [3.05, 3.63) is 22.9 Å². The average Bonchev–Trinajstić information content (AvgIpc) is 3.11. The zero-order valence-corrected chi connectivity index (χ0v) is 10.6. The van der Waals surface area contributed by atoms with Crippen molar-refractivity contribution in [1.82, 2.24) is 9.88 Å². The number of pyridine rings is 1.